The number of benzene rings is 1. The zero-order chi connectivity index (χ0) is 14.6. The van der Waals surface area contributed by atoms with Crippen molar-refractivity contribution in [2.75, 3.05) is 0 Å². The van der Waals surface area contributed by atoms with Crippen LogP contribution < -0.4 is 0 Å². The number of carbonyl (C=O) groups excluding carboxylic acids is 2. The van der Waals surface area contributed by atoms with Gasteiger partial charge in [0.05, 0.1) is 17.2 Å². The molecule has 1 N–H and O–H groups in total. The number of amides is 2. The van der Waals surface area contributed by atoms with E-state index < -0.39 is 12.3 Å². The summed E-state index contributed by atoms with van der Waals surface area (Å²) in [5.41, 5.74) is 0.793. The SMILES string of the molecule is O=C1c2ccccc2C(=O)N1C1O[C@@H]2CCCCC2[C@H]1O. The summed E-state index contributed by atoms with van der Waals surface area (Å²) in [6.45, 7) is 0. The lowest BCUT2D eigenvalue weighted by atomic mass is 9.84. The Bertz CT molecular complexity index is 579. The highest BCUT2D eigenvalue weighted by Gasteiger charge is 2.52. The Kier molecular flexibility index (Phi) is 2.87. The molecule has 0 aromatic heterocycles. The van der Waals surface area contributed by atoms with Crippen molar-refractivity contribution in [1.82, 2.24) is 4.90 Å². The van der Waals surface area contributed by atoms with Crippen LogP contribution in [0.15, 0.2) is 24.3 Å². The maximum absolute atomic E-state index is 12.5. The number of rotatable bonds is 1. The van der Waals surface area contributed by atoms with Gasteiger partial charge in [-0.1, -0.05) is 25.0 Å². The molecule has 1 aromatic rings. The molecule has 21 heavy (non-hydrogen) atoms. The van der Waals surface area contributed by atoms with Crippen LogP contribution in [0.25, 0.3) is 0 Å². The lowest BCUT2D eigenvalue weighted by Gasteiger charge is -2.25. The van der Waals surface area contributed by atoms with Crippen LogP contribution in [0.2, 0.25) is 0 Å². The maximum atomic E-state index is 12.5. The van der Waals surface area contributed by atoms with Crippen molar-refractivity contribution in [3.63, 3.8) is 0 Å². The fourth-order valence-corrected chi connectivity index (χ4v) is 3.81. The molecule has 1 aromatic carbocycles. The molecule has 4 atom stereocenters. The quantitative estimate of drug-likeness (QED) is 0.796. The van der Waals surface area contributed by atoms with Gasteiger partial charge in [0.25, 0.3) is 11.8 Å². The summed E-state index contributed by atoms with van der Waals surface area (Å²) in [4.78, 5) is 26.0. The molecule has 3 aliphatic rings. The third-order valence-electron chi connectivity index (χ3n) is 4.88. The van der Waals surface area contributed by atoms with E-state index in [0.29, 0.717) is 11.1 Å². The average Bonchev–Trinajstić information content (AvgIpc) is 2.96. The number of nitrogens with zero attached hydrogens (tertiary/aromatic N) is 1. The van der Waals surface area contributed by atoms with Crippen LogP contribution in [-0.4, -0.2) is 40.3 Å². The third kappa shape index (κ3) is 1.77. The van der Waals surface area contributed by atoms with Gasteiger partial charge in [0.15, 0.2) is 6.23 Å². The molecule has 2 aliphatic heterocycles. The van der Waals surface area contributed by atoms with Gasteiger partial charge in [0.2, 0.25) is 0 Å². The van der Waals surface area contributed by atoms with Gasteiger partial charge < -0.3 is 9.84 Å². The van der Waals surface area contributed by atoms with E-state index in [2.05, 4.69) is 0 Å². The van der Waals surface area contributed by atoms with Crippen molar-refractivity contribution in [3.05, 3.63) is 35.4 Å². The number of aliphatic hydroxyl groups excluding tert-OH is 1. The highest BCUT2D eigenvalue weighted by Crippen LogP contribution is 2.40. The molecule has 110 valence electrons. The number of fused-ring (bicyclic) bond motifs is 2. The van der Waals surface area contributed by atoms with Crippen LogP contribution in [0.4, 0.5) is 0 Å². The molecule has 5 heteroatoms. The van der Waals surface area contributed by atoms with Gasteiger partial charge in [-0.15, -0.1) is 0 Å². The summed E-state index contributed by atoms with van der Waals surface area (Å²) in [5.74, 6) is -0.690. The fourth-order valence-electron chi connectivity index (χ4n) is 3.81. The third-order valence-corrected chi connectivity index (χ3v) is 4.88. The summed E-state index contributed by atoms with van der Waals surface area (Å²) in [6.07, 6.45) is 2.26. The van der Waals surface area contributed by atoms with Crippen molar-refractivity contribution in [2.45, 2.75) is 44.1 Å². The van der Waals surface area contributed by atoms with E-state index >= 15 is 0 Å². The number of hydrogen-bond donors (Lipinski definition) is 1. The largest absolute Gasteiger partial charge is 0.388 e. The van der Waals surface area contributed by atoms with Crippen molar-refractivity contribution in [2.24, 2.45) is 5.92 Å². The Morgan fingerprint density at radius 3 is 2.29 bits per heavy atom. The molecule has 0 radical (unpaired) electrons. The maximum Gasteiger partial charge on any atom is 0.263 e. The van der Waals surface area contributed by atoms with Crippen LogP contribution in [-0.2, 0) is 4.74 Å². The molecule has 5 nitrogen and oxygen atoms in total. The van der Waals surface area contributed by atoms with Gasteiger partial charge in [-0.25, -0.2) is 4.90 Å². The minimum Gasteiger partial charge on any atom is -0.388 e. The molecule has 0 bridgehead atoms. The summed E-state index contributed by atoms with van der Waals surface area (Å²) in [5, 5.41) is 10.5. The highest BCUT2D eigenvalue weighted by molar-refractivity contribution is 6.21. The highest BCUT2D eigenvalue weighted by atomic mass is 16.5. The van der Waals surface area contributed by atoms with Gasteiger partial charge >= 0.3 is 0 Å². The van der Waals surface area contributed by atoms with Gasteiger partial charge in [-0.05, 0) is 25.0 Å². The molecule has 1 aliphatic carbocycles. The summed E-state index contributed by atoms with van der Waals surface area (Å²) in [7, 11) is 0. The van der Waals surface area contributed by atoms with Crippen molar-refractivity contribution < 1.29 is 19.4 Å². The van der Waals surface area contributed by atoms with E-state index in [9.17, 15) is 14.7 Å². The van der Waals surface area contributed by atoms with E-state index in [0.717, 1.165) is 30.6 Å². The molecule has 2 fully saturated rings. The van der Waals surface area contributed by atoms with Gasteiger partial charge in [-0.3, -0.25) is 9.59 Å². The second-order valence-corrected chi connectivity index (χ2v) is 6.03. The number of aliphatic hydroxyl groups is 1. The van der Waals surface area contributed by atoms with Crippen LogP contribution in [0.5, 0.6) is 0 Å². The number of carbonyl (C=O) groups is 2. The van der Waals surface area contributed by atoms with E-state index in [4.69, 9.17) is 4.74 Å². The molecule has 2 heterocycles. The first-order valence-electron chi connectivity index (χ1n) is 7.49. The minimum absolute atomic E-state index is 0.0352. The first-order chi connectivity index (χ1) is 10.2. The van der Waals surface area contributed by atoms with Gasteiger partial charge in [-0.2, -0.15) is 0 Å². The average molecular weight is 287 g/mol. The van der Waals surface area contributed by atoms with E-state index in [1.54, 1.807) is 24.3 Å². The lowest BCUT2D eigenvalue weighted by molar-refractivity contribution is -0.0623. The zero-order valence-corrected chi connectivity index (χ0v) is 11.6. The molecule has 2 amide bonds. The Morgan fingerprint density at radius 2 is 1.67 bits per heavy atom. The number of ether oxygens (including phenoxy) is 1. The van der Waals surface area contributed by atoms with E-state index in [1.807, 2.05) is 0 Å². The van der Waals surface area contributed by atoms with Crippen LogP contribution in [0, 0.1) is 5.92 Å². The predicted octanol–water partition coefficient (Wildman–Crippen LogP) is 1.56. The molecule has 0 spiro atoms. The monoisotopic (exact) mass is 287 g/mol. The Morgan fingerprint density at radius 1 is 1.05 bits per heavy atom. The normalized spacial score (nSPS) is 35.0. The molecule has 1 saturated carbocycles. The van der Waals surface area contributed by atoms with Gasteiger partial charge in [0.1, 0.15) is 6.10 Å². The molecular weight excluding hydrogens is 270 g/mol. The predicted molar refractivity (Wildman–Crippen MR) is 73.6 cm³/mol. The zero-order valence-electron chi connectivity index (χ0n) is 11.6. The Hall–Kier alpha value is -1.72. The van der Waals surface area contributed by atoms with Crippen LogP contribution >= 0.6 is 0 Å². The first-order valence-corrected chi connectivity index (χ1v) is 7.49. The number of hydrogen-bond acceptors (Lipinski definition) is 4. The fraction of sp³-hybridized carbons (Fsp3) is 0.500. The minimum atomic E-state index is -0.842. The smallest absolute Gasteiger partial charge is 0.263 e. The molecule has 4 rings (SSSR count). The second kappa shape index (κ2) is 4.64. The van der Waals surface area contributed by atoms with E-state index in [-0.39, 0.29) is 23.8 Å². The summed E-state index contributed by atoms with van der Waals surface area (Å²) < 4.78 is 5.87. The lowest BCUT2D eigenvalue weighted by Crippen LogP contribution is -2.46. The van der Waals surface area contributed by atoms with Crippen molar-refractivity contribution in [3.8, 4) is 0 Å². The topological polar surface area (TPSA) is 66.8 Å². The first kappa shape index (κ1) is 13.0. The Labute approximate surface area is 122 Å². The van der Waals surface area contributed by atoms with Crippen LogP contribution in [0.3, 0.4) is 0 Å². The number of imide groups is 1. The second-order valence-electron chi connectivity index (χ2n) is 6.03. The summed E-state index contributed by atoms with van der Waals surface area (Å²) in [6, 6.07) is 6.76. The summed E-state index contributed by atoms with van der Waals surface area (Å²) >= 11 is 0. The molecule has 1 saturated heterocycles. The molecule has 2 unspecified atom stereocenters. The van der Waals surface area contributed by atoms with E-state index in [1.165, 1.54) is 0 Å². The molecular formula is C16H17NO4. The van der Waals surface area contributed by atoms with Crippen molar-refractivity contribution >= 4 is 11.8 Å². The standard InChI is InChI=1S/C16H17NO4/c18-13-11-7-3-4-8-12(11)21-16(13)17-14(19)9-5-1-2-6-10(9)15(17)20/h1-2,5-6,11-13,16,18H,3-4,7-8H2/t11?,12-,13-,16?/m1/s1. The van der Waals surface area contributed by atoms with Crippen LogP contribution in [0.1, 0.15) is 46.4 Å². The van der Waals surface area contributed by atoms with Crippen molar-refractivity contribution in [1.29, 1.82) is 0 Å². The van der Waals surface area contributed by atoms with Gasteiger partial charge in [0, 0.05) is 5.92 Å². The Balaban J connectivity index is 1.66.